The largest absolute Gasteiger partial charge is 0.380 e. The van der Waals surface area contributed by atoms with Crippen molar-refractivity contribution >= 4 is 0 Å². The van der Waals surface area contributed by atoms with Crippen LogP contribution in [0.15, 0.2) is 0 Å². The van der Waals surface area contributed by atoms with Crippen LogP contribution in [0.1, 0.15) is 41.0 Å². The molecule has 0 aliphatic carbocycles. The molecule has 1 N–H and O–H groups in total. The third-order valence-electron chi connectivity index (χ3n) is 3.44. The summed E-state index contributed by atoms with van der Waals surface area (Å²) < 4.78 is 5.72. The van der Waals surface area contributed by atoms with Crippen molar-refractivity contribution in [2.75, 3.05) is 32.8 Å². The molecule has 1 fully saturated rings. The molecule has 3 heteroatoms. The summed E-state index contributed by atoms with van der Waals surface area (Å²) in [6, 6.07) is 1.29. The Labute approximate surface area is 113 Å². The van der Waals surface area contributed by atoms with Crippen LogP contribution in [0, 0.1) is 11.8 Å². The third kappa shape index (κ3) is 6.17. The second-order valence-electron chi connectivity index (χ2n) is 6.56. The molecule has 1 heterocycles. The molecule has 0 spiro atoms. The summed E-state index contributed by atoms with van der Waals surface area (Å²) >= 11 is 0. The van der Waals surface area contributed by atoms with Gasteiger partial charge in [0.05, 0.1) is 6.61 Å². The average Bonchev–Trinajstić information content (AvgIpc) is 2.27. The van der Waals surface area contributed by atoms with Crippen LogP contribution in [-0.4, -0.2) is 49.8 Å². The number of rotatable bonds is 7. The van der Waals surface area contributed by atoms with Crippen molar-refractivity contribution in [1.29, 1.82) is 0 Å². The van der Waals surface area contributed by atoms with E-state index < -0.39 is 0 Å². The molecule has 0 aromatic carbocycles. The van der Waals surface area contributed by atoms with E-state index in [-0.39, 0.29) is 0 Å². The Morgan fingerprint density at radius 2 is 1.94 bits per heavy atom. The molecule has 18 heavy (non-hydrogen) atoms. The highest BCUT2D eigenvalue weighted by molar-refractivity contribution is 4.84. The fraction of sp³-hybridized carbons (Fsp3) is 1.00. The van der Waals surface area contributed by atoms with E-state index in [0.29, 0.717) is 18.0 Å². The topological polar surface area (TPSA) is 24.5 Å². The van der Waals surface area contributed by atoms with Gasteiger partial charge >= 0.3 is 0 Å². The molecule has 2 atom stereocenters. The van der Waals surface area contributed by atoms with Gasteiger partial charge in [0, 0.05) is 38.3 Å². The standard InChI is InChI=1S/C15H32N2O/c1-12(2)8-15-9-16-14(5)10-17(15)6-7-18-11-13(3)4/h12-16H,6-11H2,1-5H3. The lowest BCUT2D eigenvalue weighted by molar-refractivity contribution is 0.0514. The van der Waals surface area contributed by atoms with E-state index in [0.717, 1.165) is 38.8 Å². The van der Waals surface area contributed by atoms with Crippen LogP contribution in [0.2, 0.25) is 0 Å². The van der Waals surface area contributed by atoms with Crippen molar-refractivity contribution < 1.29 is 4.74 Å². The minimum absolute atomic E-state index is 0.610. The van der Waals surface area contributed by atoms with Gasteiger partial charge in [-0.15, -0.1) is 0 Å². The molecule has 1 aliphatic rings. The first-order valence-electron chi connectivity index (χ1n) is 7.54. The van der Waals surface area contributed by atoms with Crippen molar-refractivity contribution in [3.05, 3.63) is 0 Å². The lowest BCUT2D eigenvalue weighted by Gasteiger charge is -2.40. The number of nitrogens with one attached hydrogen (secondary N) is 1. The van der Waals surface area contributed by atoms with E-state index in [4.69, 9.17) is 4.74 Å². The highest BCUT2D eigenvalue weighted by Crippen LogP contribution is 2.15. The SMILES string of the molecule is CC(C)COCCN1CC(C)NCC1CC(C)C. The number of piperazine rings is 1. The number of hydrogen-bond acceptors (Lipinski definition) is 3. The first kappa shape index (κ1) is 15.9. The molecule has 3 nitrogen and oxygen atoms in total. The second-order valence-corrected chi connectivity index (χ2v) is 6.56. The van der Waals surface area contributed by atoms with Gasteiger partial charge in [0.2, 0.25) is 0 Å². The predicted molar refractivity (Wildman–Crippen MR) is 77.9 cm³/mol. The molecular weight excluding hydrogens is 224 g/mol. The summed E-state index contributed by atoms with van der Waals surface area (Å²) in [5.41, 5.74) is 0. The summed E-state index contributed by atoms with van der Waals surface area (Å²) in [4.78, 5) is 2.61. The summed E-state index contributed by atoms with van der Waals surface area (Å²) in [5, 5.41) is 3.59. The van der Waals surface area contributed by atoms with E-state index in [9.17, 15) is 0 Å². The molecule has 0 aromatic heterocycles. The van der Waals surface area contributed by atoms with Gasteiger partial charge in [0.1, 0.15) is 0 Å². The second kappa shape index (κ2) is 8.13. The molecule has 108 valence electrons. The number of nitrogens with zero attached hydrogens (tertiary/aromatic N) is 1. The van der Waals surface area contributed by atoms with E-state index in [1.807, 2.05) is 0 Å². The molecule has 1 saturated heterocycles. The average molecular weight is 256 g/mol. The van der Waals surface area contributed by atoms with Gasteiger partial charge in [-0.25, -0.2) is 0 Å². The molecule has 0 amide bonds. The van der Waals surface area contributed by atoms with E-state index >= 15 is 0 Å². The van der Waals surface area contributed by atoms with Gasteiger partial charge in [0.15, 0.2) is 0 Å². The van der Waals surface area contributed by atoms with Crippen LogP contribution in [0.5, 0.6) is 0 Å². The predicted octanol–water partition coefficient (Wildman–Crippen LogP) is 2.37. The Kier molecular flexibility index (Phi) is 7.20. The van der Waals surface area contributed by atoms with Gasteiger partial charge in [-0.2, -0.15) is 0 Å². The lowest BCUT2D eigenvalue weighted by Crippen LogP contribution is -2.56. The van der Waals surface area contributed by atoms with Gasteiger partial charge in [-0.3, -0.25) is 4.90 Å². The maximum absolute atomic E-state index is 5.72. The minimum atomic E-state index is 0.610. The van der Waals surface area contributed by atoms with Gasteiger partial charge in [0.25, 0.3) is 0 Å². The third-order valence-corrected chi connectivity index (χ3v) is 3.44. The van der Waals surface area contributed by atoms with Crippen molar-refractivity contribution in [2.24, 2.45) is 11.8 Å². The fourth-order valence-corrected chi connectivity index (χ4v) is 2.58. The van der Waals surface area contributed by atoms with E-state index in [2.05, 4.69) is 44.8 Å². The molecule has 2 unspecified atom stereocenters. The monoisotopic (exact) mass is 256 g/mol. The Hall–Kier alpha value is -0.120. The van der Waals surface area contributed by atoms with Crippen LogP contribution in [-0.2, 0) is 4.74 Å². The summed E-state index contributed by atoms with van der Waals surface area (Å²) in [6.45, 7) is 16.4. The van der Waals surface area contributed by atoms with Crippen molar-refractivity contribution in [1.82, 2.24) is 10.2 Å². The van der Waals surface area contributed by atoms with Crippen molar-refractivity contribution in [3.63, 3.8) is 0 Å². The maximum Gasteiger partial charge on any atom is 0.0593 e. The Bertz CT molecular complexity index is 219. The van der Waals surface area contributed by atoms with Gasteiger partial charge in [-0.1, -0.05) is 27.7 Å². The molecule has 0 radical (unpaired) electrons. The summed E-state index contributed by atoms with van der Waals surface area (Å²) in [6.07, 6.45) is 1.28. The van der Waals surface area contributed by atoms with Crippen LogP contribution < -0.4 is 5.32 Å². The number of hydrogen-bond donors (Lipinski definition) is 1. The smallest absolute Gasteiger partial charge is 0.0593 e. The maximum atomic E-state index is 5.72. The molecule has 0 saturated carbocycles. The zero-order valence-corrected chi connectivity index (χ0v) is 12.9. The normalized spacial score (nSPS) is 26.2. The highest BCUT2D eigenvalue weighted by Gasteiger charge is 2.25. The molecule has 1 aliphatic heterocycles. The lowest BCUT2D eigenvalue weighted by atomic mass is 9.99. The summed E-state index contributed by atoms with van der Waals surface area (Å²) in [5.74, 6) is 1.41. The van der Waals surface area contributed by atoms with Crippen molar-refractivity contribution in [2.45, 2.75) is 53.1 Å². The van der Waals surface area contributed by atoms with Crippen LogP contribution in [0.25, 0.3) is 0 Å². The molecular formula is C15H32N2O. The van der Waals surface area contributed by atoms with Crippen LogP contribution >= 0.6 is 0 Å². The Balaban J connectivity index is 2.32. The quantitative estimate of drug-likeness (QED) is 0.708. The molecule has 1 rings (SSSR count). The summed E-state index contributed by atoms with van der Waals surface area (Å²) in [7, 11) is 0. The van der Waals surface area contributed by atoms with E-state index in [1.54, 1.807) is 0 Å². The minimum Gasteiger partial charge on any atom is -0.380 e. The fourth-order valence-electron chi connectivity index (χ4n) is 2.58. The van der Waals surface area contributed by atoms with Crippen LogP contribution in [0.4, 0.5) is 0 Å². The zero-order valence-electron chi connectivity index (χ0n) is 12.9. The van der Waals surface area contributed by atoms with E-state index in [1.165, 1.54) is 6.42 Å². The molecule has 0 aromatic rings. The first-order valence-corrected chi connectivity index (χ1v) is 7.54. The first-order chi connectivity index (χ1) is 8.49. The van der Waals surface area contributed by atoms with Gasteiger partial charge in [-0.05, 0) is 25.2 Å². The van der Waals surface area contributed by atoms with Crippen molar-refractivity contribution in [3.8, 4) is 0 Å². The Morgan fingerprint density at radius 3 is 2.56 bits per heavy atom. The molecule has 0 bridgehead atoms. The van der Waals surface area contributed by atoms with Gasteiger partial charge < -0.3 is 10.1 Å². The zero-order chi connectivity index (χ0) is 13.5. The van der Waals surface area contributed by atoms with Crippen LogP contribution in [0.3, 0.4) is 0 Å². The highest BCUT2D eigenvalue weighted by atomic mass is 16.5. The number of ether oxygens (including phenoxy) is 1. The Morgan fingerprint density at radius 1 is 1.22 bits per heavy atom.